The Hall–Kier alpha value is -1.90. The van der Waals surface area contributed by atoms with Gasteiger partial charge in [-0.2, -0.15) is 0 Å². The number of carbonyl (C=O) groups excluding carboxylic acids is 1. The minimum Gasteiger partial charge on any atom is -0.335 e. The smallest absolute Gasteiger partial charge is 0.328 e. The first kappa shape index (κ1) is 18.4. The molecule has 0 aliphatic carbocycles. The molecule has 6 nitrogen and oxygen atoms in total. The van der Waals surface area contributed by atoms with Gasteiger partial charge in [0.2, 0.25) is 0 Å². The van der Waals surface area contributed by atoms with Gasteiger partial charge in [0, 0.05) is 11.4 Å². The number of sulfonamides is 1. The van der Waals surface area contributed by atoms with Crippen LogP contribution in [-0.2, 0) is 10.0 Å². The zero-order chi connectivity index (χ0) is 17.7. The lowest BCUT2D eigenvalue weighted by Gasteiger charge is -2.23. The summed E-state index contributed by atoms with van der Waals surface area (Å²) in [7, 11) is -0.0518. The fourth-order valence-electron chi connectivity index (χ4n) is 2.14. The number of rotatable bonds is 6. The number of aryl methyl sites for hydroxylation is 1. The number of nitrogens with one attached hydrogen (secondary N) is 2. The van der Waals surface area contributed by atoms with Crippen molar-refractivity contribution in [1.82, 2.24) is 14.9 Å². The van der Waals surface area contributed by atoms with Gasteiger partial charge in [0.15, 0.2) is 0 Å². The molecule has 2 amide bonds. The summed E-state index contributed by atoms with van der Waals surface area (Å²) >= 11 is 1.59. The average Bonchev–Trinajstić information content (AvgIpc) is 3.01. The Bertz CT molecular complexity index is 769. The SMILES string of the molecule is Cc1ccc(S(=O)(=O)NC(=O)NCC(c2cccs2)N(C)C)cc1. The summed E-state index contributed by atoms with van der Waals surface area (Å²) in [4.78, 5) is 15.1. The fraction of sp³-hybridized carbons (Fsp3) is 0.312. The van der Waals surface area contributed by atoms with E-state index in [2.05, 4.69) is 5.32 Å². The van der Waals surface area contributed by atoms with Crippen LogP contribution >= 0.6 is 11.3 Å². The standard InChI is InChI=1S/C16H21N3O3S2/c1-12-6-8-13(9-7-12)24(21,22)18-16(20)17-11-14(19(2)3)15-5-4-10-23-15/h4-10,14H,11H2,1-3H3,(H2,17,18,20). The molecule has 1 aromatic carbocycles. The first-order valence-electron chi connectivity index (χ1n) is 7.37. The van der Waals surface area contributed by atoms with Gasteiger partial charge in [0.1, 0.15) is 0 Å². The maximum Gasteiger partial charge on any atom is 0.328 e. The number of benzene rings is 1. The van der Waals surface area contributed by atoms with Gasteiger partial charge in [-0.05, 0) is 44.6 Å². The maximum atomic E-state index is 12.2. The summed E-state index contributed by atoms with van der Waals surface area (Å²) in [6, 6.07) is 9.49. The van der Waals surface area contributed by atoms with E-state index in [0.717, 1.165) is 10.4 Å². The minimum atomic E-state index is -3.87. The monoisotopic (exact) mass is 367 g/mol. The van der Waals surface area contributed by atoms with E-state index < -0.39 is 16.1 Å². The first-order chi connectivity index (χ1) is 11.3. The minimum absolute atomic E-state index is 0.0159. The van der Waals surface area contributed by atoms with E-state index in [1.165, 1.54) is 12.1 Å². The van der Waals surface area contributed by atoms with Gasteiger partial charge in [0.05, 0.1) is 10.9 Å². The van der Waals surface area contributed by atoms with Crippen molar-refractivity contribution in [3.63, 3.8) is 0 Å². The molecule has 2 rings (SSSR count). The van der Waals surface area contributed by atoms with Gasteiger partial charge in [-0.15, -0.1) is 11.3 Å². The summed E-state index contributed by atoms with van der Waals surface area (Å²) in [6.45, 7) is 2.17. The number of amides is 2. The van der Waals surface area contributed by atoms with Crippen LogP contribution in [0.3, 0.4) is 0 Å². The molecule has 2 N–H and O–H groups in total. The molecular formula is C16H21N3O3S2. The molecule has 0 saturated heterocycles. The van der Waals surface area contributed by atoms with Crippen LogP contribution in [-0.4, -0.2) is 40.0 Å². The van der Waals surface area contributed by atoms with E-state index in [0.29, 0.717) is 6.54 Å². The van der Waals surface area contributed by atoms with Crippen LogP contribution in [0.5, 0.6) is 0 Å². The molecule has 0 bridgehead atoms. The van der Waals surface area contributed by atoms with Gasteiger partial charge in [-0.25, -0.2) is 17.9 Å². The zero-order valence-electron chi connectivity index (χ0n) is 13.8. The molecule has 1 unspecified atom stereocenters. The third kappa shape index (κ3) is 4.80. The lowest BCUT2D eigenvalue weighted by atomic mass is 10.2. The average molecular weight is 367 g/mol. The Morgan fingerprint density at radius 2 is 1.88 bits per heavy atom. The number of carbonyl (C=O) groups is 1. The quantitative estimate of drug-likeness (QED) is 0.821. The van der Waals surface area contributed by atoms with Crippen LogP contribution in [0.2, 0.25) is 0 Å². The molecule has 8 heteroatoms. The van der Waals surface area contributed by atoms with Crippen LogP contribution in [0.25, 0.3) is 0 Å². The van der Waals surface area contributed by atoms with Crippen molar-refractivity contribution in [2.45, 2.75) is 17.9 Å². The molecule has 1 atom stereocenters. The van der Waals surface area contributed by atoms with E-state index in [-0.39, 0.29) is 10.9 Å². The van der Waals surface area contributed by atoms with Gasteiger partial charge >= 0.3 is 6.03 Å². The summed E-state index contributed by atoms with van der Waals surface area (Å²) in [6.07, 6.45) is 0. The molecule has 130 valence electrons. The Labute approximate surface area is 146 Å². The predicted molar refractivity (Wildman–Crippen MR) is 95.6 cm³/mol. The van der Waals surface area contributed by atoms with Gasteiger partial charge < -0.3 is 10.2 Å². The lowest BCUT2D eigenvalue weighted by molar-refractivity contribution is 0.238. The van der Waals surface area contributed by atoms with Crippen molar-refractivity contribution in [2.75, 3.05) is 20.6 Å². The van der Waals surface area contributed by atoms with E-state index in [9.17, 15) is 13.2 Å². The summed E-state index contributed by atoms with van der Waals surface area (Å²) < 4.78 is 26.4. The second kappa shape index (κ2) is 7.78. The van der Waals surface area contributed by atoms with Crippen LogP contribution in [0, 0.1) is 6.92 Å². The molecule has 0 aliphatic rings. The number of nitrogens with zero attached hydrogens (tertiary/aromatic N) is 1. The number of hydrogen-bond donors (Lipinski definition) is 2. The molecule has 0 radical (unpaired) electrons. The molecule has 0 aliphatic heterocycles. The van der Waals surface area contributed by atoms with Crippen molar-refractivity contribution < 1.29 is 13.2 Å². The van der Waals surface area contributed by atoms with E-state index in [4.69, 9.17) is 0 Å². The lowest BCUT2D eigenvalue weighted by Crippen LogP contribution is -2.42. The molecule has 1 heterocycles. The predicted octanol–water partition coefficient (Wildman–Crippen LogP) is 2.35. The number of urea groups is 1. The van der Waals surface area contributed by atoms with Crippen LogP contribution in [0.4, 0.5) is 4.79 Å². The summed E-state index contributed by atoms with van der Waals surface area (Å²) in [5, 5.41) is 4.59. The highest BCUT2D eigenvalue weighted by Crippen LogP contribution is 2.22. The Kier molecular flexibility index (Phi) is 5.98. The number of thiophene rings is 1. The molecule has 24 heavy (non-hydrogen) atoms. The Morgan fingerprint density at radius 3 is 2.42 bits per heavy atom. The van der Waals surface area contributed by atoms with Crippen LogP contribution < -0.4 is 10.0 Å². The topological polar surface area (TPSA) is 78.5 Å². The van der Waals surface area contributed by atoms with Crippen LogP contribution in [0.1, 0.15) is 16.5 Å². The zero-order valence-corrected chi connectivity index (χ0v) is 15.4. The van der Waals surface area contributed by atoms with Crippen molar-refractivity contribution in [3.8, 4) is 0 Å². The second-order valence-electron chi connectivity index (χ2n) is 5.62. The fourth-order valence-corrected chi connectivity index (χ4v) is 3.99. The molecule has 2 aromatic rings. The second-order valence-corrected chi connectivity index (χ2v) is 8.29. The van der Waals surface area contributed by atoms with Gasteiger partial charge in [0.25, 0.3) is 10.0 Å². The number of likely N-dealkylation sites (N-methyl/N-ethyl adjacent to an activating group) is 1. The van der Waals surface area contributed by atoms with Crippen molar-refractivity contribution >= 4 is 27.4 Å². The van der Waals surface area contributed by atoms with E-state index in [1.807, 2.05) is 48.2 Å². The molecule has 0 fully saturated rings. The molecule has 1 aromatic heterocycles. The van der Waals surface area contributed by atoms with Gasteiger partial charge in [-0.3, -0.25) is 0 Å². The van der Waals surface area contributed by atoms with Crippen LogP contribution in [0.15, 0.2) is 46.7 Å². The molecular weight excluding hydrogens is 346 g/mol. The highest BCUT2D eigenvalue weighted by molar-refractivity contribution is 7.90. The van der Waals surface area contributed by atoms with E-state index in [1.54, 1.807) is 23.5 Å². The van der Waals surface area contributed by atoms with Crippen molar-refractivity contribution in [2.24, 2.45) is 0 Å². The van der Waals surface area contributed by atoms with Crippen molar-refractivity contribution in [1.29, 1.82) is 0 Å². The van der Waals surface area contributed by atoms with E-state index >= 15 is 0 Å². The first-order valence-corrected chi connectivity index (χ1v) is 9.73. The molecule has 0 spiro atoms. The third-order valence-electron chi connectivity index (χ3n) is 3.51. The largest absolute Gasteiger partial charge is 0.335 e. The van der Waals surface area contributed by atoms with Gasteiger partial charge in [-0.1, -0.05) is 23.8 Å². The Balaban J connectivity index is 1.98. The summed E-state index contributed by atoms with van der Waals surface area (Å²) in [5.41, 5.74) is 0.947. The molecule has 0 saturated carbocycles. The third-order valence-corrected chi connectivity index (χ3v) is 5.83. The highest BCUT2D eigenvalue weighted by Gasteiger charge is 2.20. The summed E-state index contributed by atoms with van der Waals surface area (Å²) in [5.74, 6) is 0. The normalized spacial score (nSPS) is 12.8. The Morgan fingerprint density at radius 1 is 1.21 bits per heavy atom. The highest BCUT2D eigenvalue weighted by atomic mass is 32.2. The van der Waals surface area contributed by atoms with Crippen molar-refractivity contribution in [3.05, 3.63) is 52.2 Å². The number of hydrogen-bond acceptors (Lipinski definition) is 5. The maximum absolute atomic E-state index is 12.2.